The van der Waals surface area contributed by atoms with E-state index in [-0.39, 0.29) is 6.09 Å². The summed E-state index contributed by atoms with van der Waals surface area (Å²) in [6, 6.07) is -0.391. The van der Waals surface area contributed by atoms with Crippen LogP contribution < -0.4 is 5.32 Å². The molecule has 0 aliphatic carbocycles. The maximum absolute atomic E-state index is 12.0. The fourth-order valence-electron chi connectivity index (χ4n) is 3.37. The minimum atomic E-state index is -0.752. The Labute approximate surface area is 132 Å². The van der Waals surface area contributed by atoms with E-state index in [0.29, 0.717) is 18.3 Å². The number of likely N-dealkylation sites (tertiary alicyclic amines) is 1. The first-order valence-electron chi connectivity index (χ1n) is 8.20. The number of rotatable bonds is 2. The molecular formula is C16H28N2O4. The van der Waals surface area contributed by atoms with E-state index in [1.807, 2.05) is 20.8 Å². The minimum absolute atomic E-state index is 0.223. The van der Waals surface area contributed by atoms with Crippen LogP contribution >= 0.6 is 0 Å². The van der Waals surface area contributed by atoms with Crippen molar-refractivity contribution in [3.8, 4) is 0 Å². The van der Waals surface area contributed by atoms with Gasteiger partial charge >= 0.3 is 12.1 Å². The number of carboxylic acids is 1. The molecule has 2 saturated heterocycles. The lowest BCUT2D eigenvalue weighted by molar-refractivity contribution is -0.140. The molecule has 2 unspecified atom stereocenters. The first-order chi connectivity index (χ1) is 10.3. The molecule has 2 fully saturated rings. The summed E-state index contributed by atoms with van der Waals surface area (Å²) in [5.41, 5.74) is -0.451. The number of aliphatic carboxylic acids is 1. The molecule has 2 aliphatic heterocycles. The van der Waals surface area contributed by atoms with E-state index in [9.17, 15) is 9.59 Å². The van der Waals surface area contributed by atoms with Gasteiger partial charge in [0.1, 0.15) is 11.6 Å². The molecule has 0 aromatic carbocycles. The highest BCUT2D eigenvalue weighted by Crippen LogP contribution is 2.31. The van der Waals surface area contributed by atoms with E-state index < -0.39 is 17.6 Å². The first-order valence-corrected chi connectivity index (χ1v) is 8.20. The number of piperidine rings is 2. The second kappa shape index (κ2) is 6.86. The van der Waals surface area contributed by atoms with Crippen LogP contribution in [0.15, 0.2) is 0 Å². The second-order valence-corrected chi connectivity index (χ2v) is 7.44. The van der Waals surface area contributed by atoms with Crippen molar-refractivity contribution < 1.29 is 19.4 Å². The molecule has 0 radical (unpaired) electrons. The van der Waals surface area contributed by atoms with Crippen molar-refractivity contribution in [1.82, 2.24) is 10.2 Å². The third-order valence-corrected chi connectivity index (χ3v) is 4.61. The van der Waals surface area contributed by atoms with Gasteiger partial charge in [0, 0.05) is 13.1 Å². The molecule has 2 heterocycles. The van der Waals surface area contributed by atoms with Crippen LogP contribution in [0, 0.1) is 11.8 Å². The van der Waals surface area contributed by atoms with Crippen molar-refractivity contribution in [3.63, 3.8) is 0 Å². The summed E-state index contributed by atoms with van der Waals surface area (Å²) in [6.07, 6.45) is 3.39. The minimum Gasteiger partial charge on any atom is -0.480 e. The molecule has 2 N–H and O–H groups in total. The normalized spacial score (nSPS) is 27.5. The van der Waals surface area contributed by atoms with Crippen molar-refractivity contribution in [2.75, 3.05) is 19.6 Å². The summed E-state index contributed by atoms with van der Waals surface area (Å²) in [4.78, 5) is 24.8. The fraction of sp³-hybridized carbons (Fsp3) is 0.875. The summed E-state index contributed by atoms with van der Waals surface area (Å²) in [5.74, 6) is 0.343. The predicted octanol–water partition coefficient (Wildman–Crippen LogP) is 2.09. The molecule has 6 nitrogen and oxygen atoms in total. The molecule has 126 valence electrons. The van der Waals surface area contributed by atoms with Gasteiger partial charge in [-0.2, -0.15) is 0 Å². The summed E-state index contributed by atoms with van der Waals surface area (Å²) < 4.78 is 5.41. The molecule has 0 spiro atoms. The maximum atomic E-state index is 12.0. The van der Waals surface area contributed by atoms with Gasteiger partial charge in [0.25, 0.3) is 0 Å². The Morgan fingerprint density at radius 3 is 2.18 bits per heavy atom. The zero-order valence-electron chi connectivity index (χ0n) is 13.8. The summed E-state index contributed by atoms with van der Waals surface area (Å²) in [6.45, 7) is 7.88. The lowest BCUT2D eigenvalue weighted by atomic mass is 9.79. The Morgan fingerprint density at radius 2 is 1.73 bits per heavy atom. The van der Waals surface area contributed by atoms with Crippen molar-refractivity contribution >= 4 is 12.1 Å². The van der Waals surface area contributed by atoms with Gasteiger partial charge in [0.2, 0.25) is 0 Å². The van der Waals surface area contributed by atoms with Crippen LogP contribution in [0.2, 0.25) is 0 Å². The van der Waals surface area contributed by atoms with Crippen LogP contribution in [-0.4, -0.2) is 53.3 Å². The molecule has 2 aliphatic rings. The number of hydrogen-bond donors (Lipinski definition) is 2. The van der Waals surface area contributed by atoms with Gasteiger partial charge in [-0.1, -0.05) is 0 Å². The van der Waals surface area contributed by atoms with Gasteiger partial charge in [0.05, 0.1) is 0 Å². The quantitative estimate of drug-likeness (QED) is 0.816. The van der Waals surface area contributed by atoms with Crippen molar-refractivity contribution in [3.05, 3.63) is 0 Å². The molecule has 6 heteroatoms. The van der Waals surface area contributed by atoms with E-state index in [4.69, 9.17) is 9.84 Å². The van der Waals surface area contributed by atoms with Crippen LogP contribution in [0.5, 0.6) is 0 Å². The predicted molar refractivity (Wildman–Crippen MR) is 82.7 cm³/mol. The van der Waals surface area contributed by atoms with Gasteiger partial charge in [-0.3, -0.25) is 4.79 Å². The molecule has 22 heavy (non-hydrogen) atoms. The number of carboxylic acid groups (broad SMARTS) is 1. The van der Waals surface area contributed by atoms with E-state index >= 15 is 0 Å². The highest BCUT2D eigenvalue weighted by atomic mass is 16.6. The summed E-state index contributed by atoms with van der Waals surface area (Å²) in [5, 5.41) is 12.1. The monoisotopic (exact) mass is 312 g/mol. The zero-order valence-corrected chi connectivity index (χ0v) is 13.8. The smallest absolute Gasteiger partial charge is 0.410 e. The zero-order chi connectivity index (χ0) is 16.3. The van der Waals surface area contributed by atoms with Crippen LogP contribution in [0.25, 0.3) is 0 Å². The van der Waals surface area contributed by atoms with Gasteiger partial charge in [0.15, 0.2) is 0 Å². The Balaban J connectivity index is 1.76. The highest BCUT2D eigenvalue weighted by Gasteiger charge is 2.33. The van der Waals surface area contributed by atoms with Crippen molar-refractivity contribution in [2.45, 2.75) is 58.1 Å². The number of carbonyl (C=O) groups excluding carboxylic acids is 1. The van der Waals surface area contributed by atoms with Crippen molar-refractivity contribution in [1.29, 1.82) is 0 Å². The molecule has 0 aromatic heterocycles. The third-order valence-electron chi connectivity index (χ3n) is 4.61. The lowest BCUT2D eigenvalue weighted by Gasteiger charge is -2.39. The second-order valence-electron chi connectivity index (χ2n) is 7.44. The number of carbonyl (C=O) groups is 2. The largest absolute Gasteiger partial charge is 0.480 e. The number of ether oxygens (including phenoxy) is 1. The van der Waals surface area contributed by atoms with Crippen LogP contribution in [0.1, 0.15) is 46.5 Å². The molecular weight excluding hydrogens is 284 g/mol. The Morgan fingerprint density at radius 1 is 1.09 bits per heavy atom. The number of nitrogens with zero attached hydrogens (tertiary/aromatic N) is 1. The Hall–Kier alpha value is -1.30. The number of hydrogen-bond acceptors (Lipinski definition) is 4. The summed E-state index contributed by atoms with van der Waals surface area (Å²) >= 11 is 0. The molecule has 0 bridgehead atoms. The SMILES string of the molecule is CC(C)(C)OC(=O)N1CCC(C2CCC(C(=O)O)NC2)CC1. The highest BCUT2D eigenvalue weighted by molar-refractivity contribution is 5.73. The van der Waals surface area contributed by atoms with Gasteiger partial charge in [-0.25, -0.2) is 4.79 Å². The average molecular weight is 312 g/mol. The number of amides is 1. The molecule has 2 rings (SSSR count). The molecule has 1 amide bonds. The van der Waals surface area contributed by atoms with Gasteiger partial charge in [-0.05, 0) is 64.8 Å². The fourth-order valence-corrected chi connectivity index (χ4v) is 3.37. The van der Waals surface area contributed by atoms with Crippen LogP contribution in [0.3, 0.4) is 0 Å². The maximum Gasteiger partial charge on any atom is 0.410 e. The standard InChI is InChI=1S/C16H28N2O4/c1-16(2,3)22-15(21)18-8-6-11(7-9-18)12-4-5-13(14(19)20)17-10-12/h11-13,17H,4-10H2,1-3H3,(H,19,20). The molecule has 0 saturated carbocycles. The van der Waals surface area contributed by atoms with E-state index in [2.05, 4.69) is 5.32 Å². The number of nitrogens with one attached hydrogen (secondary N) is 1. The van der Waals surface area contributed by atoms with E-state index in [1.165, 1.54) is 0 Å². The van der Waals surface area contributed by atoms with E-state index in [0.717, 1.165) is 38.9 Å². The Bertz CT molecular complexity index is 403. The Kier molecular flexibility index (Phi) is 5.32. The van der Waals surface area contributed by atoms with E-state index in [1.54, 1.807) is 4.90 Å². The van der Waals surface area contributed by atoms with Crippen LogP contribution in [0.4, 0.5) is 4.79 Å². The average Bonchev–Trinajstić information content (AvgIpc) is 2.46. The first kappa shape index (κ1) is 17.1. The molecule has 2 atom stereocenters. The summed E-state index contributed by atoms with van der Waals surface area (Å²) in [7, 11) is 0. The molecule has 0 aromatic rings. The van der Waals surface area contributed by atoms with Gasteiger partial charge < -0.3 is 20.1 Å². The van der Waals surface area contributed by atoms with Crippen LogP contribution in [-0.2, 0) is 9.53 Å². The topological polar surface area (TPSA) is 78.9 Å². The lowest BCUT2D eigenvalue weighted by Crippen LogP contribution is -2.48. The third kappa shape index (κ3) is 4.60. The van der Waals surface area contributed by atoms with Crippen molar-refractivity contribution in [2.24, 2.45) is 11.8 Å². The van der Waals surface area contributed by atoms with Gasteiger partial charge in [-0.15, -0.1) is 0 Å².